The summed E-state index contributed by atoms with van der Waals surface area (Å²) in [7, 11) is -7.74. The first kappa shape index (κ1) is 50.6. The summed E-state index contributed by atoms with van der Waals surface area (Å²) in [6.07, 6.45) is 15.7. The predicted molar refractivity (Wildman–Crippen MR) is 233 cm³/mol. The first-order chi connectivity index (χ1) is 29.5. The van der Waals surface area contributed by atoms with Gasteiger partial charge in [0, 0.05) is 61.2 Å². The number of carboxylic acid groups (broad SMARTS) is 1. The number of carbonyl (C=O) groups is 1. The number of unbranched alkanes of at least 4 members (excludes halogenated alkanes) is 2. The van der Waals surface area contributed by atoms with Gasteiger partial charge < -0.3 is 42.8 Å². The van der Waals surface area contributed by atoms with E-state index in [-0.39, 0.29) is 16.2 Å². The maximum absolute atomic E-state index is 12.2. The fourth-order valence-electron chi connectivity index (χ4n) is 7.73. The quantitative estimate of drug-likeness (QED) is 0.0453. The van der Waals surface area contributed by atoms with Crippen molar-refractivity contribution in [2.24, 2.45) is 0 Å². The molecule has 1 unspecified atom stereocenters. The van der Waals surface area contributed by atoms with E-state index in [1.807, 2.05) is 70.2 Å². The molecular formula is C45H61N2O13S2-. The minimum atomic E-state index is -4.75. The van der Waals surface area contributed by atoms with Crippen LogP contribution in [-0.4, -0.2) is 127 Å². The van der Waals surface area contributed by atoms with Crippen molar-refractivity contribution in [1.29, 1.82) is 0 Å². The van der Waals surface area contributed by atoms with Crippen molar-refractivity contribution >= 4 is 43.3 Å². The van der Waals surface area contributed by atoms with Crippen LogP contribution in [0.4, 0.5) is 11.4 Å². The Balaban J connectivity index is 1.50. The van der Waals surface area contributed by atoms with Crippen LogP contribution in [-0.2, 0) is 59.5 Å². The fourth-order valence-corrected chi connectivity index (χ4v) is 8.72. The highest BCUT2D eigenvalue weighted by Gasteiger charge is 2.45. The summed E-state index contributed by atoms with van der Waals surface area (Å²) in [5.74, 6) is -0.854. The average molecular weight is 902 g/mol. The normalized spacial score (nSPS) is 18.3. The summed E-state index contributed by atoms with van der Waals surface area (Å²) >= 11 is 0. The van der Waals surface area contributed by atoms with Gasteiger partial charge in [0.05, 0.1) is 68.1 Å². The molecule has 0 fully saturated rings. The third-order valence-electron chi connectivity index (χ3n) is 11.0. The van der Waals surface area contributed by atoms with E-state index >= 15 is 0 Å². The van der Waals surface area contributed by atoms with Gasteiger partial charge in [-0.3, -0.25) is 4.79 Å². The monoisotopic (exact) mass is 901 g/mol. The molecule has 2 heterocycles. The van der Waals surface area contributed by atoms with E-state index < -0.39 is 37.0 Å². The largest absolute Gasteiger partial charge is 0.744 e. The number of nitrogens with zero attached hydrogens (tertiary/aromatic N) is 2. The van der Waals surface area contributed by atoms with E-state index in [0.29, 0.717) is 104 Å². The molecular weight excluding hydrogens is 841 g/mol. The summed E-state index contributed by atoms with van der Waals surface area (Å²) in [5, 5.41) is 9.15. The maximum Gasteiger partial charge on any atom is 0.303 e. The molecule has 0 amide bonds. The summed E-state index contributed by atoms with van der Waals surface area (Å²) in [4.78, 5) is 12.7. The van der Waals surface area contributed by atoms with E-state index in [2.05, 4.69) is 9.48 Å². The maximum atomic E-state index is 12.2. The van der Waals surface area contributed by atoms with Crippen molar-refractivity contribution in [3.63, 3.8) is 0 Å². The number of anilines is 1. The van der Waals surface area contributed by atoms with Gasteiger partial charge in [0.25, 0.3) is 0 Å². The Morgan fingerprint density at radius 2 is 1.29 bits per heavy atom. The SMILES string of the molecule is CC[N+]1=C(C=CC=CC=CC=C2N(CCCCCC(=O)O)c3ccc(S(=O)(=O)[O-])cc3C2(C)CCOCCOCCOCCOCCOC)C(C)(C)c2cc(S(=O)(=O)[O-])ccc21. The second-order valence-electron chi connectivity index (χ2n) is 15.6. The van der Waals surface area contributed by atoms with Crippen LogP contribution < -0.4 is 4.90 Å². The summed E-state index contributed by atoms with van der Waals surface area (Å²) in [6, 6.07) is 8.93. The summed E-state index contributed by atoms with van der Waals surface area (Å²) < 4.78 is 102. The van der Waals surface area contributed by atoms with Gasteiger partial charge in [-0.25, -0.2) is 16.8 Å². The fraction of sp³-hybridized carbons (Fsp3) is 0.511. The number of benzene rings is 2. The number of fused-ring (bicyclic) bond motifs is 2. The van der Waals surface area contributed by atoms with Crippen LogP contribution in [0.1, 0.15) is 70.9 Å². The van der Waals surface area contributed by atoms with Gasteiger partial charge >= 0.3 is 5.97 Å². The third-order valence-corrected chi connectivity index (χ3v) is 12.6. The van der Waals surface area contributed by atoms with Crippen molar-refractivity contribution in [3.05, 3.63) is 95.8 Å². The van der Waals surface area contributed by atoms with Gasteiger partial charge in [-0.05, 0) is 88.9 Å². The Morgan fingerprint density at radius 3 is 1.87 bits per heavy atom. The van der Waals surface area contributed by atoms with E-state index in [1.54, 1.807) is 19.2 Å². The van der Waals surface area contributed by atoms with Crippen LogP contribution in [0.2, 0.25) is 0 Å². The smallest absolute Gasteiger partial charge is 0.303 e. The zero-order chi connectivity index (χ0) is 45.4. The molecule has 15 nitrogen and oxygen atoms in total. The topological polar surface area (TPSA) is 204 Å². The lowest BCUT2D eigenvalue weighted by Crippen LogP contribution is -2.30. The highest BCUT2D eigenvalue weighted by Crippen LogP contribution is 2.51. The molecule has 17 heteroatoms. The van der Waals surface area contributed by atoms with Gasteiger partial charge in [-0.15, -0.1) is 0 Å². The second-order valence-corrected chi connectivity index (χ2v) is 18.3. The standard InChI is InChI=1S/C45H62N2O13S2/c1-6-46-39-20-18-35(61(50,51)52)33-37(39)44(2,3)41(46)15-11-8-7-9-12-16-42-45(4,22-24-57-27-28-59-31-32-60-30-29-58-26-25-56-5)38-34-36(62(53,54)55)19-21-40(38)47(42)23-14-10-13-17-43(48)49/h7-9,11-12,15-16,18-21,33-34H,6,10,13-14,17,22-32H2,1-5H3,(H2-,48,49,50,51,52,53,54,55)/p-1. The molecule has 0 saturated heterocycles. The van der Waals surface area contributed by atoms with Gasteiger partial charge in [-0.2, -0.15) is 4.58 Å². The van der Waals surface area contributed by atoms with Gasteiger partial charge in [0.2, 0.25) is 5.69 Å². The Hall–Kier alpha value is -4.04. The molecule has 0 saturated carbocycles. The zero-order valence-corrected chi connectivity index (χ0v) is 38.0. The number of ether oxygens (including phenoxy) is 5. The molecule has 4 rings (SSSR count). The second kappa shape index (κ2) is 23.6. The average Bonchev–Trinajstić information content (AvgIpc) is 3.58. The first-order valence-corrected chi connectivity index (χ1v) is 23.7. The van der Waals surface area contributed by atoms with Crippen molar-refractivity contribution in [1.82, 2.24) is 0 Å². The van der Waals surface area contributed by atoms with E-state index in [0.717, 1.165) is 28.3 Å². The Kier molecular flexibility index (Phi) is 19.3. The van der Waals surface area contributed by atoms with Crippen LogP contribution in [0.5, 0.6) is 0 Å². The molecule has 2 aliphatic heterocycles. The van der Waals surface area contributed by atoms with Crippen LogP contribution in [0.25, 0.3) is 0 Å². The van der Waals surface area contributed by atoms with Crippen molar-refractivity contribution in [3.8, 4) is 0 Å². The van der Waals surface area contributed by atoms with E-state index in [9.17, 15) is 30.7 Å². The number of hydrogen-bond acceptors (Lipinski definition) is 13. The molecule has 2 aromatic carbocycles. The van der Waals surface area contributed by atoms with Crippen LogP contribution in [0, 0.1) is 0 Å². The minimum absolute atomic E-state index is 0.0659. The Bertz CT molecular complexity index is 2210. The number of hydrogen-bond donors (Lipinski definition) is 1. The molecule has 62 heavy (non-hydrogen) atoms. The van der Waals surface area contributed by atoms with Crippen LogP contribution in [0.3, 0.4) is 0 Å². The van der Waals surface area contributed by atoms with Crippen molar-refractivity contribution < 1.29 is 64.1 Å². The van der Waals surface area contributed by atoms with Crippen molar-refractivity contribution in [2.75, 3.05) is 84.6 Å². The zero-order valence-electron chi connectivity index (χ0n) is 36.4. The molecule has 2 aromatic rings. The molecule has 0 spiro atoms. The highest BCUT2D eigenvalue weighted by molar-refractivity contribution is 7.86. The molecule has 2 aliphatic rings. The van der Waals surface area contributed by atoms with Crippen molar-refractivity contribution in [2.45, 2.75) is 80.4 Å². The lowest BCUT2D eigenvalue weighted by molar-refractivity contribution is -0.433. The molecule has 1 N–H and O–H groups in total. The molecule has 1 atom stereocenters. The number of aliphatic carboxylic acids is 1. The minimum Gasteiger partial charge on any atom is -0.744 e. The van der Waals surface area contributed by atoms with Gasteiger partial charge in [0.15, 0.2) is 5.71 Å². The molecule has 342 valence electrons. The molecule has 0 aromatic heterocycles. The molecule has 0 bridgehead atoms. The third kappa shape index (κ3) is 13.7. The Labute approximate surface area is 366 Å². The molecule has 0 aliphatic carbocycles. The highest BCUT2D eigenvalue weighted by atomic mass is 32.2. The van der Waals surface area contributed by atoms with Crippen LogP contribution >= 0.6 is 0 Å². The first-order valence-electron chi connectivity index (χ1n) is 20.8. The van der Waals surface area contributed by atoms with E-state index in [4.69, 9.17) is 28.8 Å². The summed E-state index contributed by atoms with van der Waals surface area (Å²) in [5.41, 5.74) is 3.54. The lowest BCUT2D eigenvalue weighted by atomic mass is 9.78. The predicted octanol–water partition coefficient (Wildman–Crippen LogP) is 5.97. The number of allylic oxidation sites excluding steroid dienone is 8. The number of carboxylic acids is 1. The molecule has 0 radical (unpaired) electrons. The van der Waals surface area contributed by atoms with Gasteiger partial charge in [-0.1, -0.05) is 36.8 Å². The number of rotatable bonds is 28. The summed E-state index contributed by atoms with van der Waals surface area (Å²) in [6.45, 7) is 12.9. The van der Waals surface area contributed by atoms with E-state index in [1.165, 1.54) is 24.3 Å². The number of methoxy groups -OCH3 is 1. The van der Waals surface area contributed by atoms with Crippen LogP contribution in [0.15, 0.2) is 94.4 Å². The lowest BCUT2D eigenvalue weighted by Gasteiger charge is -2.30. The Morgan fingerprint density at radius 1 is 0.742 bits per heavy atom. The van der Waals surface area contributed by atoms with Gasteiger partial charge in [0.1, 0.15) is 26.8 Å².